The molecule has 0 fully saturated rings. The average Bonchev–Trinajstić information content (AvgIpc) is 2.91. The van der Waals surface area contributed by atoms with Crippen LogP contribution in [0.4, 0.5) is 0 Å². The monoisotopic (exact) mass is 255 g/mol. The second-order valence-electron chi connectivity index (χ2n) is 3.79. The molecule has 2 rings (SSSR count). The molecule has 5 nitrogen and oxygen atoms in total. The molecule has 0 aliphatic heterocycles. The molecule has 94 valence electrons. The van der Waals surface area contributed by atoms with Crippen LogP contribution in [0.2, 0.25) is 0 Å². The van der Waals surface area contributed by atoms with Crippen molar-refractivity contribution < 1.29 is 9.84 Å². The number of hydrogen-bond donors (Lipinski definition) is 2. The van der Waals surface area contributed by atoms with E-state index < -0.39 is 0 Å². The Bertz CT molecular complexity index is 476. The minimum absolute atomic E-state index is 0.115. The highest BCUT2D eigenvalue weighted by molar-refractivity contribution is 7.15. The summed E-state index contributed by atoms with van der Waals surface area (Å²) in [7, 11) is 1.62. The van der Waals surface area contributed by atoms with Crippen LogP contribution < -0.4 is 10.1 Å². The second-order valence-corrected chi connectivity index (χ2v) is 4.67. The molecular formula is C11H17N3O2S. The summed E-state index contributed by atoms with van der Waals surface area (Å²) in [5, 5.41) is 14.4. The van der Waals surface area contributed by atoms with Crippen molar-refractivity contribution in [1.82, 2.24) is 14.7 Å². The standard InChI is InChI=1S/C11H17N3O2S/c1-3-8(7-15)12-6-9-10(16-2)13-11-14(9)4-5-17-11/h4-5,8,12,15H,3,6-7H2,1-2H3/t8-/m1/s1. The van der Waals surface area contributed by atoms with E-state index in [1.165, 1.54) is 0 Å². The van der Waals surface area contributed by atoms with Crippen molar-refractivity contribution in [3.63, 3.8) is 0 Å². The summed E-state index contributed by atoms with van der Waals surface area (Å²) in [6.45, 7) is 2.83. The summed E-state index contributed by atoms with van der Waals surface area (Å²) in [5.41, 5.74) is 0.996. The number of aliphatic hydroxyl groups is 1. The van der Waals surface area contributed by atoms with Gasteiger partial charge in [0.1, 0.15) is 5.69 Å². The van der Waals surface area contributed by atoms with E-state index in [1.807, 2.05) is 22.9 Å². The molecular weight excluding hydrogens is 238 g/mol. The Balaban J connectivity index is 2.18. The van der Waals surface area contributed by atoms with Crippen LogP contribution in [0.25, 0.3) is 4.96 Å². The van der Waals surface area contributed by atoms with Crippen LogP contribution in [-0.2, 0) is 6.54 Å². The average molecular weight is 255 g/mol. The molecule has 2 N–H and O–H groups in total. The van der Waals surface area contributed by atoms with E-state index in [9.17, 15) is 0 Å². The first-order valence-electron chi connectivity index (χ1n) is 5.62. The number of rotatable bonds is 6. The quantitative estimate of drug-likeness (QED) is 0.816. The molecule has 0 bridgehead atoms. The van der Waals surface area contributed by atoms with Crippen LogP contribution in [0.15, 0.2) is 11.6 Å². The topological polar surface area (TPSA) is 58.8 Å². The van der Waals surface area contributed by atoms with E-state index in [0.29, 0.717) is 12.4 Å². The van der Waals surface area contributed by atoms with Crippen LogP contribution >= 0.6 is 11.3 Å². The second kappa shape index (κ2) is 5.48. The lowest BCUT2D eigenvalue weighted by Crippen LogP contribution is -2.31. The number of imidazole rings is 1. The van der Waals surface area contributed by atoms with E-state index in [1.54, 1.807) is 18.4 Å². The van der Waals surface area contributed by atoms with Gasteiger partial charge in [0.15, 0.2) is 4.96 Å². The summed E-state index contributed by atoms with van der Waals surface area (Å²) in [5.74, 6) is 0.650. The predicted molar refractivity (Wildman–Crippen MR) is 67.6 cm³/mol. The molecule has 0 amide bonds. The Morgan fingerprint density at radius 3 is 3.12 bits per heavy atom. The fraction of sp³-hybridized carbons (Fsp3) is 0.545. The van der Waals surface area contributed by atoms with Crippen molar-refractivity contribution in [2.45, 2.75) is 25.9 Å². The third-order valence-corrected chi connectivity index (χ3v) is 3.55. The van der Waals surface area contributed by atoms with Gasteiger partial charge >= 0.3 is 0 Å². The maximum atomic E-state index is 9.14. The first-order valence-corrected chi connectivity index (χ1v) is 6.50. The minimum atomic E-state index is 0.115. The highest BCUT2D eigenvalue weighted by Crippen LogP contribution is 2.22. The third-order valence-electron chi connectivity index (χ3n) is 2.79. The van der Waals surface area contributed by atoms with Crippen LogP contribution in [0.3, 0.4) is 0 Å². The fourth-order valence-electron chi connectivity index (χ4n) is 1.72. The van der Waals surface area contributed by atoms with Crippen LogP contribution in [-0.4, -0.2) is 34.2 Å². The summed E-state index contributed by atoms with van der Waals surface area (Å²) in [6.07, 6.45) is 2.87. The van der Waals surface area contributed by atoms with Gasteiger partial charge in [0.05, 0.1) is 13.7 Å². The molecule has 2 aromatic heterocycles. The zero-order valence-electron chi connectivity index (χ0n) is 10.0. The van der Waals surface area contributed by atoms with Crippen molar-refractivity contribution in [2.24, 2.45) is 0 Å². The number of ether oxygens (including phenoxy) is 1. The Labute approximate surface area is 104 Å². The number of aliphatic hydroxyl groups excluding tert-OH is 1. The van der Waals surface area contributed by atoms with Crippen molar-refractivity contribution in [1.29, 1.82) is 0 Å². The lowest BCUT2D eigenvalue weighted by atomic mass is 10.2. The SMILES string of the molecule is CC[C@H](CO)NCc1c(OC)nc2sccn12. The van der Waals surface area contributed by atoms with Gasteiger partial charge in [0, 0.05) is 24.2 Å². The van der Waals surface area contributed by atoms with Crippen LogP contribution in [0, 0.1) is 0 Å². The number of fused-ring (bicyclic) bond motifs is 1. The predicted octanol–water partition coefficient (Wildman–Crippen LogP) is 1.26. The maximum Gasteiger partial charge on any atom is 0.237 e. The number of thiazole rings is 1. The molecule has 0 radical (unpaired) electrons. The molecule has 2 aromatic rings. The molecule has 0 aromatic carbocycles. The Morgan fingerprint density at radius 1 is 1.65 bits per heavy atom. The number of aromatic nitrogens is 2. The zero-order valence-corrected chi connectivity index (χ0v) is 10.8. The van der Waals surface area contributed by atoms with Gasteiger partial charge in [0.25, 0.3) is 0 Å². The highest BCUT2D eigenvalue weighted by atomic mass is 32.1. The zero-order chi connectivity index (χ0) is 12.3. The smallest absolute Gasteiger partial charge is 0.237 e. The Kier molecular flexibility index (Phi) is 3.98. The molecule has 0 unspecified atom stereocenters. The van der Waals surface area contributed by atoms with Gasteiger partial charge in [-0.15, -0.1) is 11.3 Å². The molecule has 0 spiro atoms. The van der Waals surface area contributed by atoms with Crippen molar-refractivity contribution in [3.8, 4) is 5.88 Å². The Hall–Kier alpha value is -1.11. The van der Waals surface area contributed by atoms with Gasteiger partial charge in [-0.1, -0.05) is 6.92 Å². The molecule has 0 aliphatic rings. The van der Waals surface area contributed by atoms with Crippen molar-refractivity contribution >= 4 is 16.3 Å². The van der Waals surface area contributed by atoms with Crippen molar-refractivity contribution in [3.05, 3.63) is 17.3 Å². The normalized spacial score (nSPS) is 13.1. The summed E-state index contributed by atoms with van der Waals surface area (Å²) in [6, 6.07) is 0.115. The molecule has 2 heterocycles. The summed E-state index contributed by atoms with van der Waals surface area (Å²) in [4.78, 5) is 5.30. The number of nitrogens with zero attached hydrogens (tertiary/aromatic N) is 2. The molecule has 0 saturated heterocycles. The number of methoxy groups -OCH3 is 1. The minimum Gasteiger partial charge on any atom is -0.480 e. The van der Waals surface area contributed by atoms with Crippen LogP contribution in [0.5, 0.6) is 5.88 Å². The molecule has 1 atom stereocenters. The lowest BCUT2D eigenvalue weighted by Gasteiger charge is -2.13. The van der Waals surface area contributed by atoms with Crippen molar-refractivity contribution in [2.75, 3.05) is 13.7 Å². The van der Waals surface area contributed by atoms with Gasteiger partial charge in [-0.05, 0) is 6.42 Å². The molecule has 6 heteroatoms. The summed E-state index contributed by atoms with van der Waals surface area (Å²) >= 11 is 1.58. The van der Waals surface area contributed by atoms with E-state index >= 15 is 0 Å². The maximum absolute atomic E-state index is 9.14. The molecule has 0 aliphatic carbocycles. The van der Waals surface area contributed by atoms with Gasteiger partial charge in [0.2, 0.25) is 5.88 Å². The van der Waals surface area contributed by atoms with E-state index in [0.717, 1.165) is 17.1 Å². The Morgan fingerprint density at radius 2 is 2.47 bits per heavy atom. The first-order chi connectivity index (χ1) is 8.30. The van der Waals surface area contributed by atoms with E-state index in [4.69, 9.17) is 9.84 Å². The van der Waals surface area contributed by atoms with Gasteiger partial charge in [-0.25, -0.2) is 0 Å². The molecule has 0 saturated carbocycles. The fourth-order valence-corrected chi connectivity index (χ4v) is 2.44. The molecule has 17 heavy (non-hydrogen) atoms. The number of hydrogen-bond acceptors (Lipinski definition) is 5. The number of nitrogens with one attached hydrogen (secondary N) is 1. The first kappa shape index (κ1) is 12.3. The lowest BCUT2D eigenvalue weighted by molar-refractivity contribution is 0.237. The van der Waals surface area contributed by atoms with E-state index in [-0.39, 0.29) is 12.6 Å². The largest absolute Gasteiger partial charge is 0.480 e. The third kappa shape index (κ3) is 2.43. The van der Waals surface area contributed by atoms with Gasteiger partial charge < -0.3 is 15.2 Å². The van der Waals surface area contributed by atoms with Crippen LogP contribution in [0.1, 0.15) is 19.0 Å². The van der Waals surface area contributed by atoms with Gasteiger partial charge in [-0.3, -0.25) is 4.40 Å². The highest BCUT2D eigenvalue weighted by Gasteiger charge is 2.14. The summed E-state index contributed by atoms with van der Waals surface area (Å²) < 4.78 is 7.27. The van der Waals surface area contributed by atoms with Gasteiger partial charge in [-0.2, -0.15) is 4.98 Å². The van der Waals surface area contributed by atoms with E-state index in [2.05, 4.69) is 10.3 Å².